The lowest BCUT2D eigenvalue weighted by Gasteiger charge is -2.29. The highest BCUT2D eigenvalue weighted by Gasteiger charge is 2.34. The van der Waals surface area contributed by atoms with E-state index in [1.54, 1.807) is 24.3 Å². The fourth-order valence-corrected chi connectivity index (χ4v) is 2.79. The zero-order valence-corrected chi connectivity index (χ0v) is 14.9. The summed E-state index contributed by atoms with van der Waals surface area (Å²) < 4.78 is 10.5. The molecule has 2 aromatic rings. The van der Waals surface area contributed by atoms with Crippen molar-refractivity contribution in [3.8, 4) is 5.75 Å². The third-order valence-corrected chi connectivity index (χ3v) is 4.12. The predicted octanol–water partition coefficient (Wildman–Crippen LogP) is 2.45. The molecule has 3 rings (SSSR count). The molecule has 0 aromatic heterocycles. The number of rotatable bonds is 6. The van der Waals surface area contributed by atoms with Gasteiger partial charge >= 0.3 is 12.0 Å². The summed E-state index contributed by atoms with van der Waals surface area (Å²) in [5.74, 6) is -0.0820. The Kier molecular flexibility index (Phi) is 5.54. The number of nitro benzene ring substituents is 1. The first-order chi connectivity index (χ1) is 13.5. The number of ether oxygens (including phenoxy) is 2. The van der Waals surface area contributed by atoms with Crippen LogP contribution in [-0.4, -0.2) is 30.6 Å². The topological polar surface area (TPSA) is 120 Å². The number of amides is 2. The average Bonchev–Trinajstić information content (AvgIpc) is 2.72. The van der Waals surface area contributed by atoms with Gasteiger partial charge in [-0.25, -0.2) is 9.59 Å². The Hall–Kier alpha value is -3.88. The molecule has 2 N–H and O–H groups in total. The van der Waals surface area contributed by atoms with Crippen LogP contribution in [0.4, 0.5) is 10.5 Å². The minimum absolute atomic E-state index is 0.0641. The highest BCUT2D eigenvalue weighted by molar-refractivity contribution is 5.95. The van der Waals surface area contributed by atoms with Crippen LogP contribution in [0, 0.1) is 10.1 Å². The van der Waals surface area contributed by atoms with E-state index in [9.17, 15) is 19.7 Å². The van der Waals surface area contributed by atoms with Gasteiger partial charge in [-0.3, -0.25) is 10.1 Å². The summed E-state index contributed by atoms with van der Waals surface area (Å²) in [6.45, 7) is -0.0641. The standard InChI is InChI=1S/C19H17N3O6/c1-27-18(23)16-15(11-28-14-5-3-2-4-6-14)20-19(24)21-17(16)12-7-9-13(10-8-12)22(25)26/h2-10,17H,11H2,1H3,(H2,20,21,24). The van der Waals surface area contributed by atoms with Gasteiger partial charge in [-0.05, 0) is 29.8 Å². The monoisotopic (exact) mass is 383 g/mol. The lowest BCUT2D eigenvalue weighted by atomic mass is 9.95. The Morgan fingerprint density at radius 2 is 1.82 bits per heavy atom. The van der Waals surface area contributed by atoms with Gasteiger partial charge in [-0.1, -0.05) is 18.2 Å². The number of hydrogen-bond acceptors (Lipinski definition) is 6. The number of non-ortho nitro benzene ring substituents is 1. The second kappa shape index (κ2) is 8.21. The Bertz CT molecular complexity index is 924. The molecular weight excluding hydrogens is 366 g/mol. The van der Waals surface area contributed by atoms with E-state index in [1.807, 2.05) is 6.07 Å². The zero-order chi connectivity index (χ0) is 20.1. The van der Waals surface area contributed by atoms with Crippen molar-refractivity contribution >= 4 is 17.7 Å². The van der Waals surface area contributed by atoms with Crippen molar-refractivity contribution in [2.75, 3.05) is 13.7 Å². The van der Waals surface area contributed by atoms with Crippen LogP contribution in [-0.2, 0) is 9.53 Å². The van der Waals surface area contributed by atoms with Gasteiger partial charge in [0.25, 0.3) is 5.69 Å². The number of para-hydroxylation sites is 1. The Balaban J connectivity index is 1.95. The molecule has 2 amide bonds. The first-order valence-electron chi connectivity index (χ1n) is 8.30. The van der Waals surface area contributed by atoms with Crippen molar-refractivity contribution in [1.82, 2.24) is 10.6 Å². The number of esters is 1. The molecule has 1 atom stereocenters. The van der Waals surface area contributed by atoms with E-state index in [-0.39, 0.29) is 23.6 Å². The molecule has 9 heteroatoms. The second-order valence-corrected chi connectivity index (χ2v) is 5.87. The number of nitro groups is 1. The molecule has 2 aromatic carbocycles. The summed E-state index contributed by atoms with van der Waals surface area (Å²) in [6, 6.07) is 13.1. The number of methoxy groups -OCH3 is 1. The summed E-state index contributed by atoms with van der Waals surface area (Å²) >= 11 is 0. The first kappa shape index (κ1) is 18.9. The third kappa shape index (κ3) is 4.09. The van der Waals surface area contributed by atoms with Gasteiger partial charge in [0.15, 0.2) is 0 Å². The van der Waals surface area contributed by atoms with E-state index < -0.39 is 23.0 Å². The van der Waals surface area contributed by atoms with Crippen molar-refractivity contribution in [2.24, 2.45) is 0 Å². The fraction of sp³-hybridized carbons (Fsp3) is 0.158. The number of hydrogen-bond donors (Lipinski definition) is 2. The Morgan fingerprint density at radius 1 is 1.14 bits per heavy atom. The summed E-state index contributed by atoms with van der Waals surface area (Å²) in [5, 5.41) is 16.1. The lowest BCUT2D eigenvalue weighted by molar-refractivity contribution is -0.384. The van der Waals surface area contributed by atoms with E-state index in [2.05, 4.69) is 10.6 Å². The van der Waals surface area contributed by atoms with Gasteiger partial charge < -0.3 is 20.1 Å². The van der Waals surface area contributed by atoms with Crippen LogP contribution in [0.1, 0.15) is 11.6 Å². The van der Waals surface area contributed by atoms with E-state index in [0.29, 0.717) is 11.3 Å². The SMILES string of the molecule is COC(=O)C1=C(COc2ccccc2)NC(=O)NC1c1ccc([N+](=O)[O-])cc1. The quantitative estimate of drug-likeness (QED) is 0.449. The first-order valence-corrected chi connectivity index (χ1v) is 8.30. The maximum Gasteiger partial charge on any atom is 0.338 e. The van der Waals surface area contributed by atoms with Crippen LogP contribution in [0.2, 0.25) is 0 Å². The minimum Gasteiger partial charge on any atom is -0.487 e. The summed E-state index contributed by atoms with van der Waals surface area (Å²) in [6.07, 6.45) is 0. The number of urea groups is 1. The average molecular weight is 383 g/mol. The minimum atomic E-state index is -0.837. The number of nitrogens with zero attached hydrogens (tertiary/aromatic N) is 1. The third-order valence-electron chi connectivity index (χ3n) is 4.12. The molecule has 1 unspecified atom stereocenters. The molecule has 1 aliphatic heterocycles. The smallest absolute Gasteiger partial charge is 0.338 e. The van der Waals surface area contributed by atoms with Gasteiger partial charge in [0, 0.05) is 12.1 Å². The molecule has 0 aliphatic carbocycles. The zero-order valence-electron chi connectivity index (χ0n) is 14.9. The molecule has 1 aliphatic rings. The van der Waals surface area contributed by atoms with Crippen LogP contribution in [0.15, 0.2) is 65.9 Å². The second-order valence-electron chi connectivity index (χ2n) is 5.87. The Morgan fingerprint density at radius 3 is 2.43 bits per heavy atom. The summed E-state index contributed by atoms with van der Waals surface area (Å²) in [5.41, 5.74) is 0.813. The van der Waals surface area contributed by atoms with Crippen molar-refractivity contribution < 1.29 is 24.0 Å². The van der Waals surface area contributed by atoms with E-state index in [0.717, 1.165) is 0 Å². The molecule has 0 saturated heterocycles. The molecule has 0 radical (unpaired) electrons. The van der Waals surface area contributed by atoms with Gasteiger partial charge in [-0.15, -0.1) is 0 Å². The molecule has 0 spiro atoms. The maximum atomic E-state index is 12.4. The van der Waals surface area contributed by atoms with Crippen molar-refractivity contribution in [2.45, 2.75) is 6.04 Å². The van der Waals surface area contributed by atoms with Crippen LogP contribution in [0.5, 0.6) is 5.75 Å². The largest absolute Gasteiger partial charge is 0.487 e. The summed E-state index contributed by atoms with van der Waals surface area (Å²) in [7, 11) is 1.23. The number of benzene rings is 2. The summed E-state index contributed by atoms with van der Waals surface area (Å²) in [4.78, 5) is 34.9. The van der Waals surface area contributed by atoms with Crippen LogP contribution in [0.25, 0.3) is 0 Å². The molecule has 0 saturated carbocycles. The highest BCUT2D eigenvalue weighted by atomic mass is 16.6. The fourth-order valence-electron chi connectivity index (χ4n) is 2.79. The van der Waals surface area contributed by atoms with Gasteiger partial charge in [-0.2, -0.15) is 0 Å². The van der Waals surface area contributed by atoms with Gasteiger partial charge in [0.2, 0.25) is 0 Å². The van der Waals surface area contributed by atoms with Gasteiger partial charge in [0.05, 0.1) is 29.3 Å². The number of nitrogens with one attached hydrogen (secondary N) is 2. The highest BCUT2D eigenvalue weighted by Crippen LogP contribution is 2.29. The van der Waals surface area contributed by atoms with Crippen molar-refractivity contribution in [3.63, 3.8) is 0 Å². The maximum absolute atomic E-state index is 12.4. The number of carbonyl (C=O) groups excluding carboxylic acids is 2. The van der Waals surface area contributed by atoms with Crippen molar-refractivity contribution in [1.29, 1.82) is 0 Å². The van der Waals surface area contributed by atoms with Gasteiger partial charge in [0.1, 0.15) is 12.4 Å². The molecule has 9 nitrogen and oxygen atoms in total. The van der Waals surface area contributed by atoms with Crippen LogP contribution < -0.4 is 15.4 Å². The molecule has 144 valence electrons. The lowest BCUT2D eigenvalue weighted by Crippen LogP contribution is -2.47. The van der Waals surface area contributed by atoms with Crippen molar-refractivity contribution in [3.05, 3.63) is 81.5 Å². The molecule has 28 heavy (non-hydrogen) atoms. The number of carbonyl (C=O) groups is 2. The van der Waals surface area contributed by atoms with E-state index in [1.165, 1.54) is 31.4 Å². The molecule has 1 heterocycles. The van der Waals surface area contributed by atoms with Crippen LogP contribution in [0.3, 0.4) is 0 Å². The molecule has 0 fully saturated rings. The predicted molar refractivity (Wildman–Crippen MR) is 98.5 cm³/mol. The normalized spacial score (nSPS) is 16.0. The molecular formula is C19H17N3O6. The van der Waals surface area contributed by atoms with E-state index >= 15 is 0 Å². The molecule has 0 bridgehead atoms. The van der Waals surface area contributed by atoms with E-state index in [4.69, 9.17) is 9.47 Å². The van der Waals surface area contributed by atoms with Crippen LogP contribution >= 0.6 is 0 Å². The Labute approximate surface area is 160 Å².